The summed E-state index contributed by atoms with van der Waals surface area (Å²) in [5.74, 6) is 8.87. The molecule has 7 fully saturated rings. The second-order valence-electron chi connectivity index (χ2n) is 9.60. The number of hydrogen-bond donors (Lipinski definition) is 0. The minimum atomic E-state index is 0.391. The minimum absolute atomic E-state index is 0.391. The van der Waals surface area contributed by atoms with E-state index < -0.39 is 0 Å². The Labute approximate surface area is 118 Å². The van der Waals surface area contributed by atoms with Crippen molar-refractivity contribution >= 4 is 0 Å². The van der Waals surface area contributed by atoms with Crippen LogP contribution in [0.4, 0.5) is 0 Å². The third kappa shape index (κ3) is 1.37. The van der Waals surface area contributed by atoms with Gasteiger partial charge in [0.15, 0.2) is 0 Å². The van der Waals surface area contributed by atoms with Crippen molar-refractivity contribution in [1.29, 1.82) is 0 Å². The molecule has 0 radical (unpaired) electrons. The molecular weight excluding hydrogens is 228 g/mol. The summed E-state index contributed by atoms with van der Waals surface area (Å²) < 4.78 is 0. The quantitative estimate of drug-likeness (QED) is 0.540. The smallest absolute Gasteiger partial charge is 0.0138 e. The van der Waals surface area contributed by atoms with Crippen molar-refractivity contribution in [3.8, 4) is 0 Å². The van der Waals surface area contributed by atoms with Gasteiger partial charge in [-0.3, -0.25) is 0 Å². The van der Waals surface area contributed by atoms with E-state index in [9.17, 15) is 0 Å². The van der Waals surface area contributed by atoms with E-state index in [2.05, 4.69) is 26.8 Å². The summed E-state index contributed by atoms with van der Waals surface area (Å²) in [7, 11) is 0. The van der Waals surface area contributed by atoms with E-state index in [1.165, 1.54) is 5.92 Å². The molecule has 0 saturated heterocycles. The highest BCUT2D eigenvalue weighted by atomic mass is 14.7. The summed E-state index contributed by atoms with van der Waals surface area (Å²) in [6.07, 6.45) is 10.7. The van der Waals surface area contributed by atoms with E-state index in [0.29, 0.717) is 5.41 Å². The SMILES string of the molecule is CC(C)(C)/C=C1/C2CC3C4CC5CC3C1C(C5)C4C2. The van der Waals surface area contributed by atoms with Crippen LogP contribution in [-0.4, -0.2) is 0 Å². The van der Waals surface area contributed by atoms with Crippen molar-refractivity contribution < 1.29 is 0 Å². The fourth-order valence-corrected chi connectivity index (χ4v) is 7.44. The fraction of sp³-hybridized carbons (Fsp3) is 0.895. The summed E-state index contributed by atoms with van der Waals surface area (Å²) in [5, 5.41) is 0. The lowest BCUT2D eigenvalue weighted by molar-refractivity contribution is -0.177. The zero-order valence-electron chi connectivity index (χ0n) is 12.7. The largest absolute Gasteiger partial charge is 0.0793 e. The third-order valence-corrected chi connectivity index (χ3v) is 7.51. The molecule has 19 heavy (non-hydrogen) atoms. The lowest BCUT2D eigenvalue weighted by atomic mass is 9.34. The lowest BCUT2D eigenvalue weighted by Gasteiger charge is -2.70. The summed E-state index contributed by atoms with van der Waals surface area (Å²) in [4.78, 5) is 0. The summed E-state index contributed by atoms with van der Waals surface area (Å²) >= 11 is 0. The summed E-state index contributed by atoms with van der Waals surface area (Å²) in [5.41, 5.74) is 2.33. The van der Waals surface area contributed by atoms with Gasteiger partial charge in [0, 0.05) is 0 Å². The van der Waals surface area contributed by atoms with Gasteiger partial charge in [0.25, 0.3) is 0 Å². The Bertz CT molecular complexity index is 427. The van der Waals surface area contributed by atoms with Crippen molar-refractivity contribution in [3.05, 3.63) is 11.6 Å². The molecule has 0 aromatic rings. The maximum atomic E-state index is 2.71. The molecule has 0 N–H and O–H groups in total. The van der Waals surface area contributed by atoms with Gasteiger partial charge in [-0.2, -0.15) is 0 Å². The average molecular weight is 256 g/mol. The third-order valence-electron chi connectivity index (χ3n) is 7.51. The first-order valence-electron chi connectivity index (χ1n) is 8.74. The van der Waals surface area contributed by atoms with Crippen LogP contribution in [0.1, 0.15) is 52.9 Å². The van der Waals surface area contributed by atoms with Crippen molar-refractivity contribution in [2.24, 2.45) is 52.8 Å². The van der Waals surface area contributed by atoms with E-state index in [1.807, 2.05) is 5.57 Å². The Morgan fingerprint density at radius 1 is 0.789 bits per heavy atom. The Kier molecular flexibility index (Phi) is 1.99. The maximum Gasteiger partial charge on any atom is -0.0138 e. The van der Waals surface area contributed by atoms with Gasteiger partial charge in [-0.05, 0) is 84.9 Å². The van der Waals surface area contributed by atoms with Crippen LogP contribution in [0.2, 0.25) is 0 Å². The second kappa shape index (κ2) is 3.31. The zero-order chi connectivity index (χ0) is 12.9. The molecular formula is C19H28. The zero-order valence-corrected chi connectivity index (χ0v) is 12.7. The number of hydrogen-bond acceptors (Lipinski definition) is 0. The van der Waals surface area contributed by atoms with Gasteiger partial charge < -0.3 is 0 Å². The first-order valence-corrected chi connectivity index (χ1v) is 8.74. The van der Waals surface area contributed by atoms with E-state index in [-0.39, 0.29) is 0 Å². The fourth-order valence-electron chi connectivity index (χ4n) is 7.44. The van der Waals surface area contributed by atoms with Crippen molar-refractivity contribution in [2.45, 2.75) is 52.9 Å². The molecule has 0 heteroatoms. The minimum Gasteiger partial charge on any atom is -0.0793 e. The van der Waals surface area contributed by atoms with Gasteiger partial charge >= 0.3 is 0 Å². The second-order valence-corrected chi connectivity index (χ2v) is 9.60. The van der Waals surface area contributed by atoms with Gasteiger partial charge in [0.1, 0.15) is 0 Å². The first-order chi connectivity index (χ1) is 9.01. The van der Waals surface area contributed by atoms with Gasteiger partial charge in [0.2, 0.25) is 0 Å². The topological polar surface area (TPSA) is 0 Å². The molecule has 0 amide bonds. The monoisotopic (exact) mass is 256 g/mol. The Morgan fingerprint density at radius 2 is 1.32 bits per heavy atom. The predicted octanol–water partition coefficient (Wildman–Crippen LogP) is 4.91. The standard InChI is InChI=1S/C19H28/c1-19(2,3)9-17-11-7-13-12-4-10-5-15(13)18(17)16(6-10)14(12)8-11/h9-16,18H,4-8H2,1-3H3/b17-9-. The maximum absolute atomic E-state index is 2.71. The van der Waals surface area contributed by atoms with E-state index in [1.54, 1.807) is 32.1 Å². The molecule has 4 unspecified atom stereocenters. The van der Waals surface area contributed by atoms with E-state index >= 15 is 0 Å². The van der Waals surface area contributed by atoms with Crippen LogP contribution in [0.3, 0.4) is 0 Å². The highest BCUT2D eigenvalue weighted by molar-refractivity contribution is 5.29. The molecule has 8 bridgehead atoms. The average Bonchev–Trinajstić information content (AvgIpc) is 2.34. The van der Waals surface area contributed by atoms with E-state index in [0.717, 1.165) is 41.4 Å². The van der Waals surface area contributed by atoms with E-state index in [4.69, 9.17) is 0 Å². The lowest BCUT2D eigenvalue weighted by Crippen LogP contribution is -2.63. The molecule has 0 nitrogen and oxygen atoms in total. The predicted molar refractivity (Wildman–Crippen MR) is 78.5 cm³/mol. The summed E-state index contributed by atoms with van der Waals surface area (Å²) in [6.45, 7) is 7.20. The molecule has 0 aliphatic heterocycles. The Balaban J connectivity index is 1.62. The van der Waals surface area contributed by atoms with Gasteiger partial charge in [-0.15, -0.1) is 0 Å². The number of rotatable bonds is 0. The normalized spacial score (nSPS) is 59.4. The van der Waals surface area contributed by atoms with Crippen LogP contribution in [-0.2, 0) is 0 Å². The Morgan fingerprint density at radius 3 is 1.89 bits per heavy atom. The van der Waals surface area contributed by atoms with Crippen molar-refractivity contribution in [2.75, 3.05) is 0 Å². The van der Waals surface area contributed by atoms with Crippen LogP contribution in [0, 0.1) is 52.8 Å². The highest BCUT2D eigenvalue weighted by Crippen LogP contribution is 2.72. The van der Waals surface area contributed by atoms with Crippen molar-refractivity contribution in [1.82, 2.24) is 0 Å². The molecule has 104 valence electrons. The highest BCUT2D eigenvalue weighted by Gasteiger charge is 2.64. The Hall–Kier alpha value is -0.260. The van der Waals surface area contributed by atoms with Crippen LogP contribution >= 0.6 is 0 Å². The van der Waals surface area contributed by atoms with Gasteiger partial charge in [-0.25, -0.2) is 0 Å². The molecule has 0 spiro atoms. The number of allylic oxidation sites excluding steroid dienone is 2. The molecule has 0 aromatic carbocycles. The molecule has 0 aromatic heterocycles. The molecule has 7 aliphatic carbocycles. The first kappa shape index (κ1) is 11.4. The molecule has 7 saturated carbocycles. The summed E-state index contributed by atoms with van der Waals surface area (Å²) in [6, 6.07) is 0. The molecule has 4 atom stereocenters. The van der Waals surface area contributed by atoms with Crippen LogP contribution in [0.5, 0.6) is 0 Å². The van der Waals surface area contributed by atoms with Crippen molar-refractivity contribution in [3.63, 3.8) is 0 Å². The van der Waals surface area contributed by atoms with Crippen LogP contribution < -0.4 is 0 Å². The van der Waals surface area contributed by atoms with Gasteiger partial charge in [0.05, 0.1) is 0 Å². The molecule has 7 rings (SSSR count). The van der Waals surface area contributed by atoms with Crippen LogP contribution in [0.25, 0.3) is 0 Å². The molecule has 0 heterocycles. The van der Waals surface area contributed by atoms with Gasteiger partial charge in [-0.1, -0.05) is 32.4 Å². The molecule has 7 aliphatic rings. The van der Waals surface area contributed by atoms with Crippen LogP contribution in [0.15, 0.2) is 11.6 Å².